The number of carbonyl (C=O) groups is 2. The van der Waals surface area contributed by atoms with E-state index in [1.54, 1.807) is 0 Å². The number of rotatable bonds is 4. The van der Waals surface area contributed by atoms with Crippen molar-refractivity contribution in [2.45, 2.75) is 12.6 Å². The summed E-state index contributed by atoms with van der Waals surface area (Å²) in [5.41, 5.74) is 0. The molecule has 0 bridgehead atoms. The molecule has 0 saturated carbocycles. The Morgan fingerprint density at radius 2 is 2.00 bits per heavy atom. The van der Waals surface area contributed by atoms with E-state index in [9.17, 15) is 22.8 Å². The Balaban J connectivity index is 2.69. The van der Waals surface area contributed by atoms with Gasteiger partial charge in [-0.2, -0.15) is 13.2 Å². The minimum absolute atomic E-state index is 0.142. The third-order valence-corrected chi connectivity index (χ3v) is 2.78. The second-order valence-electron chi connectivity index (χ2n) is 4.43. The molecule has 9 heteroatoms. The third-order valence-electron chi connectivity index (χ3n) is 2.78. The summed E-state index contributed by atoms with van der Waals surface area (Å²) in [4.78, 5) is 23.7. The van der Waals surface area contributed by atoms with Gasteiger partial charge in [0.05, 0.1) is 0 Å². The maximum absolute atomic E-state index is 12.3. The SMILES string of the molecule is O=C(O)CN(CC(F)(F)F)C(=O)N1CCC(CO)C1. The van der Waals surface area contributed by atoms with Crippen molar-refractivity contribution >= 4 is 12.0 Å². The molecular formula is C10H15F3N2O4. The van der Waals surface area contributed by atoms with E-state index in [2.05, 4.69) is 0 Å². The number of aliphatic carboxylic acids is 1. The first kappa shape index (κ1) is 15.5. The number of aliphatic hydroxyl groups excluding tert-OH is 1. The summed E-state index contributed by atoms with van der Waals surface area (Å²) >= 11 is 0. The van der Waals surface area contributed by atoms with E-state index < -0.39 is 31.3 Å². The average molecular weight is 284 g/mol. The lowest BCUT2D eigenvalue weighted by Gasteiger charge is -2.27. The molecule has 6 nitrogen and oxygen atoms in total. The second-order valence-corrected chi connectivity index (χ2v) is 4.43. The Morgan fingerprint density at radius 3 is 2.42 bits per heavy atom. The zero-order valence-electron chi connectivity index (χ0n) is 10.1. The molecule has 1 rings (SSSR count). The molecular weight excluding hydrogens is 269 g/mol. The zero-order chi connectivity index (χ0) is 14.6. The first-order valence-electron chi connectivity index (χ1n) is 5.66. The van der Waals surface area contributed by atoms with E-state index in [1.165, 1.54) is 0 Å². The van der Waals surface area contributed by atoms with Crippen LogP contribution < -0.4 is 0 Å². The van der Waals surface area contributed by atoms with Crippen LogP contribution in [-0.4, -0.2) is 71.0 Å². The summed E-state index contributed by atoms with van der Waals surface area (Å²) in [7, 11) is 0. The molecule has 1 saturated heterocycles. The summed E-state index contributed by atoms with van der Waals surface area (Å²) in [6.07, 6.45) is -4.16. The van der Waals surface area contributed by atoms with Crippen molar-refractivity contribution in [1.82, 2.24) is 9.80 Å². The third kappa shape index (κ3) is 4.93. The average Bonchev–Trinajstić information content (AvgIpc) is 2.73. The van der Waals surface area contributed by atoms with Crippen LogP contribution in [0, 0.1) is 5.92 Å². The van der Waals surface area contributed by atoms with Gasteiger partial charge in [-0.05, 0) is 6.42 Å². The molecule has 110 valence electrons. The summed E-state index contributed by atoms with van der Waals surface area (Å²) in [5.74, 6) is -1.67. The highest BCUT2D eigenvalue weighted by Gasteiger charge is 2.37. The number of nitrogens with zero attached hydrogens (tertiary/aromatic N) is 2. The Labute approximate surface area is 107 Å². The Morgan fingerprint density at radius 1 is 1.37 bits per heavy atom. The molecule has 0 radical (unpaired) electrons. The fraction of sp³-hybridized carbons (Fsp3) is 0.800. The van der Waals surface area contributed by atoms with Gasteiger partial charge in [-0.15, -0.1) is 0 Å². The summed E-state index contributed by atoms with van der Waals surface area (Å²) in [5, 5.41) is 17.5. The van der Waals surface area contributed by atoms with Gasteiger partial charge in [-0.3, -0.25) is 4.79 Å². The summed E-state index contributed by atoms with van der Waals surface area (Å²) in [6, 6.07) is -0.962. The number of hydrogen-bond acceptors (Lipinski definition) is 3. The zero-order valence-corrected chi connectivity index (χ0v) is 10.1. The van der Waals surface area contributed by atoms with Crippen LogP contribution >= 0.6 is 0 Å². The Kier molecular flexibility index (Phi) is 4.98. The quantitative estimate of drug-likeness (QED) is 0.781. The lowest BCUT2D eigenvalue weighted by atomic mass is 10.1. The van der Waals surface area contributed by atoms with E-state index >= 15 is 0 Å². The van der Waals surface area contributed by atoms with Crippen molar-refractivity contribution in [2.75, 3.05) is 32.8 Å². The van der Waals surface area contributed by atoms with Crippen molar-refractivity contribution in [2.24, 2.45) is 5.92 Å². The van der Waals surface area contributed by atoms with E-state index in [0.29, 0.717) is 6.42 Å². The molecule has 1 fully saturated rings. The predicted molar refractivity (Wildman–Crippen MR) is 57.4 cm³/mol. The number of carbonyl (C=O) groups excluding carboxylic acids is 1. The van der Waals surface area contributed by atoms with E-state index in [1.807, 2.05) is 0 Å². The van der Waals surface area contributed by atoms with Crippen molar-refractivity contribution < 1.29 is 33.0 Å². The van der Waals surface area contributed by atoms with Crippen molar-refractivity contribution in [1.29, 1.82) is 0 Å². The predicted octanol–water partition coefficient (Wildman–Crippen LogP) is 0.370. The summed E-state index contributed by atoms with van der Waals surface area (Å²) < 4.78 is 36.9. The van der Waals surface area contributed by atoms with Gasteiger partial charge in [-0.1, -0.05) is 0 Å². The molecule has 1 unspecified atom stereocenters. The van der Waals surface area contributed by atoms with Gasteiger partial charge in [0.2, 0.25) is 0 Å². The van der Waals surface area contributed by atoms with E-state index in [4.69, 9.17) is 10.2 Å². The number of hydrogen-bond donors (Lipinski definition) is 2. The summed E-state index contributed by atoms with van der Waals surface area (Å²) in [6.45, 7) is -2.39. The lowest BCUT2D eigenvalue weighted by Crippen LogP contribution is -2.48. The number of aliphatic hydroxyl groups is 1. The maximum Gasteiger partial charge on any atom is 0.406 e. The van der Waals surface area contributed by atoms with E-state index in [0.717, 1.165) is 4.90 Å². The molecule has 1 atom stereocenters. The van der Waals surface area contributed by atoms with Crippen molar-refractivity contribution in [3.8, 4) is 0 Å². The molecule has 0 spiro atoms. The molecule has 2 amide bonds. The first-order chi connectivity index (χ1) is 8.73. The van der Waals surface area contributed by atoms with Crippen LogP contribution in [0.4, 0.5) is 18.0 Å². The lowest BCUT2D eigenvalue weighted by molar-refractivity contribution is -0.149. The van der Waals surface area contributed by atoms with Crippen molar-refractivity contribution in [3.63, 3.8) is 0 Å². The van der Waals surface area contributed by atoms with Gasteiger partial charge >= 0.3 is 18.2 Å². The van der Waals surface area contributed by atoms with Gasteiger partial charge in [0.1, 0.15) is 13.1 Å². The van der Waals surface area contributed by atoms with Gasteiger partial charge < -0.3 is 20.0 Å². The highest BCUT2D eigenvalue weighted by Crippen LogP contribution is 2.21. The smallest absolute Gasteiger partial charge is 0.406 e. The molecule has 0 aromatic carbocycles. The van der Waals surface area contributed by atoms with Crippen LogP contribution in [0.15, 0.2) is 0 Å². The highest BCUT2D eigenvalue weighted by molar-refractivity contribution is 5.80. The van der Waals surface area contributed by atoms with Gasteiger partial charge in [0, 0.05) is 25.6 Å². The normalized spacial score (nSPS) is 19.6. The van der Waals surface area contributed by atoms with Gasteiger partial charge in [-0.25, -0.2) is 4.79 Å². The van der Waals surface area contributed by atoms with Gasteiger partial charge in [0.15, 0.2) is 0 Å². The topological polar surface area (TPSA) is 81.1 Å². The molecule has 2 N–H and O–H groups in total. The van der Waals surface area contributed by atoms with Crippen molar-refractivity contribution in [3.05, 3.63) is 0 Å². The Hall–Kier alpha value is -1.51. The van der Waals surface area contributed by atoms with Gasteiger partial charge in [0.25, 0.3) is 0 Å². The number of urea groups is 1. The fourth-order valence-electron chi connectivity index (χ4n) is 1.93. The first-order valence-corrected chi connectivity index (χ1v) is 5.66. The van der Waals surface area contributed by atoms with E-state index in [-0.39, 0.29) is 30.5 Å². The van der Waals surface area contributed by atoms with Crippen LogP contribution in [0.1, 0.15) is 6.42 Å². The molecule has 19 heavy (non-hydrogen) atoms. The number of carboxylic acid groups (broad SMARTS) is 1. The number of alkyl halides is 3. The van der Waals surface area contributed by atoms with Crippen LogP contribution in [0.2, 0.25) is 0 Å². The van der Waals surface area contributed by atoms with Crippen LogP contribution in [-0.2, 0) is 4.79 Å². The number of halogens is 3. The molecule has 1 aliphatic rings. The second kappa shape index (κ2) is 6.09. The molecule has 1 heterocycles. The Bertz CT molecular complexity index is 348. The van der Waals surface area contributed by atoms with Crippen LogP contribution in [0.5, 0.6) is 0 Å². The standard InChI is InChI=1S/C10H15F3N2O4/c11-10(12,13)6-15(4-8(17)18)9(19)14-2-1-7(3-14)5-16/h7,16H,1-6H2,(H,17,18). The molecule has 0 aliphatic carbocycles. The number of amides is 2. The monoisotopic (exact) mass is 284 g/mol. The van der Waals surface area contributed by atoms with Crippen LogP contribution in [0.25, 0.3) is 0 Å². The highest BCUT2D eigenvalue weighted by atomic mass is 19.4. The molecule has 0 aromatic rings. The minimum Gasteiger partial charge on any atom is -0.480 e. The maximum atomic E-state index is 12.3. The molecule has 1 aliphatic heterocycles. The minimum atomic E-state index is -4.65. The molecule has 0 aromatic heterocycles. The number of carboxylic acids is 1. The largest absolute Gasteiger partial charge is 0.480 e. The fourth-order valence-corrected chi connectivity index (χ4v) is 1.93. The van der Waals surface area contributed by atoms with Crippen LogP contribution in [0.3, 0.4) is 0 Å². The number of likely N-dealkylation sites (tertiary alicyclic amines) is 1.